The van der Waals surface area contributed by atoms with Gasteiger partial charge in [0.05, 0.1) is 13.2 Å². The van der Waals surface area contributed by atoms with Crippen LogP contribution in [0.15, 0.2) is 28.7 Å². The summed E-state index contributed by atoms with van der Waals surface area (Å²) in [6, 6.07) is 7.72. The molecule has 0 spiro atoms. The van der Waals surface area contributed by atoms with E-state index in [9.17, 15) is 9.59 Å². The Kier molecular flexibility index (Phi) is 7.52. The van der Waals surface area contributed by atoms with Gasteiger partial charge in [-0.15, -0.1) is 0 Å². The smallest absolute Gasteiger partial charge is 0.236 e. The average Bonchev–Trinajstić information content (AvgIpc) is 3.21. The predicted molar refractivity (Wildman–Crippen MR) is 108 cm³/mol. The van der Waals surface area contributed by atoms with Crippen LogP contribution in [0.2, 0.25) is 0 Å². The highest BCUT2D eigenvalue weighted by Crippen LogP contribution is 2.18. The molecule has 6 nitrogen and oxygen atoms in total. The van der Waals surface area contributed by atoms with Crippen LogP contribution in [0.5, 0.6) is 5.75 Å². The van der Waals surface area contributed by atoms with E-state index in [-0.39, 0.29) is 11.8 Å². The van der Waals surface area contributed by atoms with E-state index in [0.29, 0.717) is 39.1 Å². The molecular weight excluding hydrogens is 410 g/mol. The molecule has 1 aromatic rings. The number of likely N-dealkylation sites (tertiary alicyclic amines) is 1. The fourth-order valence-electron chi connectivity index (χ4n) is 3.54. The predicted octanol–water partition coefficient (Wildman–Crippen LogP) is 2.37. The first-order valence-corrected chi connectivity index (χ1v) is 10.6. The van der Waals surface area contributed by atoms with Gasteiger partial charge in [0, 0.05) is 50.2 Å². The standard InChI is InChI=1S/C20H28BrN3O3/c21-17-5-3-6-18(15-17)27-14-4-7-19(25)24-12-10-22(11-13-24)16-20(26)23-8-1-2-9-23/h3,5-6,15H,1-2,4,7-14,16H2. The molecule has 2 aliphatic rings. The van der Waals surface area contributed by atoms with Gasteiger partial charge in [-0.25, -0.2) is 0 Å². The summed E-state index contributed by atoms with van der Waals surface area (Å²) in [5, 5.41) is 0. The Bertz CT molecular complexity index is 641. The number of benzene rings is 1. The van der Waals surface area contributed by atoms with Crippen molar-refractivity contribution in [3.63, 3.8) is 0 Å². The van der Waals surface area contributed by atoms with Gasteiger partial charge in [0.1, 0.15) is 5.75 Å². The maximum absolute atomic E-state index is 12.4. The van der Waals surface area contributed by atoms with Crippen molar-refractivity contribution in [2.24, 2.45) is 0 Å². The lowest BCUT2D eigenvalue weighted by atomic mass is 10.2. The molecule has 2 aliphatic heterocycles. The van der Waals surface area contributed by atoms with E-state index < -0.39 is 0 Å². The third-order valence-electron chi connectivity index (χ3n) is 5.14. The number of rotatable bonds is 7. The minimum Gasteiger partial charge on any atom is -0.494 e. The maximum Gasteiger partial charge on any atom is 0.236 e. The molecule has 148 valence electrons. The molecule has 27 heavy (non-hydrogen) atoms. The number of carbonyl (C=O) groups excluding carboxylic acids is 2. The van der Waals surface area contributed by atoms with Crippen molar-refractivity contribution in [2.45, 2.75) is 25.7 Å². The Hall–Kier alpha value is -1.60. The lowest BCUT2D eigenvalue weighted by molar-refractivity contribution is -0.134. The molecule has 0 bridgehead atoms. The minimum atomic E-state index is 0.179. The van der Waals surface area contributed by atoms with Gasteiger partial charge < -0.3 is 14.5 Å². The summed E-state index contributed by atoms with van der Waals surface area (Å²) in [7, 11) is 0. The summed E-state index contributed by atoms with van der Waals surface area (Å²) in [6.45, 7) is 5.80. The van der Waals surface area contributed by atoms with Crippen LogP contribution < -0.4 is 4.74 Å². The molecule has 3 rings (SSSR count). The first-order valence-electron chi connectivity index (χ1n) is 9.78. The lowest BCUT2D eigenvalue weighted by Crippen LogP contribution is -2.51. The van der Waals surface area contributed by atoms with E-state index in [0.717, 1.165) is 49.2 Å². The van der Waals surface area contributed by atoms with Crippen molar-refractivity contribution < 1.29 is 14.3 Å². The number of carbonyl (C=O) groups is 2. The van der Waals surface area contributed by atoms with Gasteiger partial charge in [-0.05, 0) is 37.5 Å². The first-order chi connectivity index (χ1) is 13.1. The second kappa shape index (κ2) is 10.1. The maximum atomic E-state index is 12.4. The van der Waals surface area contributed by atoms with Crippen molar-refractivity contribution >= 4 is 27.7 Å². The monoisotopic (exact) mass is 437 g/mol. The zero-order valence-electron chi connectivity index (χ0n) is 15.7. The van der Waals surface area contributed by atoms with E-state index in [1.165, 1.54) is 0 Å². The van der Waals surface area contributed by atoms with Crippen molar-refractivity contribution in [2.75, 3.05) is 52.4 Å². The van der Waals surface area contributed by atoms with Crippen LogP contribution in [-0.4, -0.2) is 78.9 Å². The van der Waals surface area contributed by atoms with Gasteiger partial charge in [0.15, 0.2) is 0 Å². The number of hydrogen-bond donors (Lipinski definition) is 0. The summed E-state index contributed by atoms with van der Waals surface area (Å²) in [6.07, 6.45) is 3.46. The van der Waals surface area contributed by atoms with Crippen molar-refractivity contribution in [3.05, 3.63) is 28.7 Å². The quantitative estimate of drug-likeness (QED) is 0.614. The van der Waals surface area contributed by atoms with Gasteiger partial charge in [0.2, 0.25) is 11.8 Å². The van der Waals surface area contributed by atoms with E-state index in [1.807, 2.05) is 34.1 Å². The largest absolute Gasteiger partial charge is 0.494 e. The molecule has 2 saturated heterocycles. The highest BCUT2D eigenvalue weighted by atomic mass is 79.9. The molecule has 2 fully saturated rings. The molecule has 0 radical (unpaired) electrons. The topological polar surface area (TPSA) is 53.1 Å². The second-order valence-electron chi connectivity index (χ2n) is 7.15. The summed E-state index contributed by atoms with van der Waals surface area (Å²) < 4.78 is 6.67. The number of nitrogens with zero attached hydrogens (tertiary/aromatic N) is 3. The number of amides is 2. The zero-order chi connectivity index (χ0) is 19.1. The van der Waals surface area contributed by atoms with Crippen molar-refractivity contribution in [1.29, 1.82) is 0 Å². The Morgan fingerprint density at radius 3 is 2.37 bits per heavy atom. The molecule has 0 N–H and O–H groups in total. The van der Waals surface area contributed by atoms with Crippen LogP contribution in [0.3, 0.4) is 0 Å². The van der Waals surface area contributed by atoms with E-state index >= 15 is 0 Å². The summed E-state index contributed by atoms with van der Waals surface area (Å²) in [4.78, 5) is 30.6. The molecule has 0 atom stereocenters. The number of ether oxygens (including phenoxy) is 1. The molecule has 0 aromatic heterocycles. The van der Waals surface area contributed by atoms with Crippen LogP contribution in [0.4, 0.5) is 0 Å². The van der Waals surface area contributed by atoms with Crippen molar-refractivity contribution in [3.8, 4) is 5.75 Å². The molecule has 2 heterocycles. The average molecular weight is 438 g/mol. The molecule has 7 heteroatoms. The number of halogens is 1. The molecule has 0 aliphatic carbocycles. The fraction of sp³-hybridized carbons (Fsp3) is 0.600. The van der Waals surface area contributed by atoms with Gasteiger partial charge in [-0.3, -0.25) is 14.5 Å². The normalized spacial score (nSPS) is 18.0. The van der Waals surface area contributed by atoms with Crippen LogP contribution in [0, 0.1) is 0 Å². The van der Waals surface area contributed by atoms with E-state index in [2.05, 4.69) is 20.8 Å². The molecule has 0 saturated carbocycles. The van der Waals surface area contributed by atoms with E-state index in [4.69, 9.17) is 4.74 Å². The highest BCUT2D eigenvalue weighted by molar-refractivity contribution is 9.10. The molecule has 0 unspecified atom stereocenters. The lowest BCUT2D eigenvalue weighted by Gasteiger charge is -2.35. The number of piperazine rings is 1. The van der Waals surface area contributed by atoms with Crippen molar-refractivity contribution in [1.82, 2.24) is 14.7 Å². The summed E-state index contributed by atoms with van der Waals surface area (Å²) in [5.74, 6) is 1.23. The van der Waals surface area contributed by atoms with Gasteiger partial charge >= 0.3 is 0 Å². The Labute approximate surface area is 169 Å². The number of hydrogen-bond acceptors (Lipinski definition) is 4. The Morgan fingerprint density at radius 2 is 1.67 bits per heavy atom. The van der Waals surface area contributed by atoms with Gasteiger partial charge in [-0.2, -0.15) is 0 Å². The highest BCUT2D eigenvalue weighted by Gasteiger charge is 2.25. The fourth-order valence-corrected chi connectivity index (χ4v) is 3.92. The molecule has 2 amide bonds. The van der Waals surface area contributed by atoms with E-state index in [1.54, 1.807) is 0 Å². The molecule has 1 aromatic carbocycles. The van der Waals surface area contributed by atoms with Gasteiger partial charge in [0.25, 0.3) is 0 Å². The van der Waals surface area contributed by atoms with Crippen LogP contribution >= 0.6 is 15.9 Å². The first kappa shape index (κ1) is 20.1. The third kappa shape index (κ3) is 6.21. The Morgan fingerprint density at radius 1 is 0.963 bits per heavy atom. The Balaban J connectivity index is 1.30. The summed E-state index contributed by atoms with van der Waals surface area (Å²) >= 11 is 3.42. The van der Waals surface area contributed by atoms with Crippen LogP contribution in [0.25, 0.3) is 0 Å². The molecular formula is C20H28BrN3O3. The zero-order valence-corrected chi connectivity index (χ0v) is 17.3. The van der Waals surface area contributed by atoms with Crippen LogP contribution in [0.1, 0.15) is 25.7 Å². The van der Waals surface area contributed by atoms with Gasteiger partial charge in [-0.1, -0.05) is 22.0 Å². The third-order valence-corrected chi connectivity index (χ3v) is 5.64. The minimum absolute atomic E-state index is 0.179. The SMILES string of the molecule is O=C(CCCOc1cccc(Br)c1)N1CCN(CC(=O)N2CCCC2)CC1. The van der Waals surface area contributed by atoms with Crippen LogP contribution in [-0.2, 0) is 9.59 Å². The second-order valence-corrected chi connectivity index (χ2v) is 8.07. The summed E-state index contributed by atoms with van der Waals surface area (Å²) in [5.41, 5.74) is 0.